The molecule has 7 heteroatoms. The Morgan fingerprint density at radius 2 is 2.27 bits per heavy atom. The van der Waals surface area contributed by atoms with E-state index in [0.717, 1.165) is 34.2 Å². The Bertz CT molecular complexity index is 885. The average molecular weight is 371 g/mol. The molecule has 0 aliphatic heterocycles. The number of amides is 1. The van der Waals surface area contributed by atoms with E-state index in [1.165, 1.54) is 0 Å². The van der Waals surface area contributed by atoms with Crippen molar-refractivity contribution in [2.24, 2.45) is 0 Å². The molecule has 0 atom stereocenters. The van der Waals surface area contributed by atoms with E-state index in [4.69, 9.17) is 9.47 Å². The number of ether oxygens (including phenoxy) is 2. The number of fused-ring (bicyclic) bond motifs is 1. The highest BCUT2D eigenvalue weighted by Gasteiger charge is 2.31. The van der Waals surface area contributed by atoms with E-state index in [9.17, 15) is 4.79 Å². The van der Waals surface area contributed by atoms with E-state index in [2.05, 4.69) is 21.4 Å². The fraction of sp³-hybridized carbons (Fsp3) is 0.368. The number of aromatic nitrogens is 2. The van der Waals surface area contributed by atoms with Crippen LogP contribution in [-0.4, -0.2) is 48.3 Å². The number of H-pyrrole nitrogens is 1. The van der Waals surface area contributed by atoms with Crippen molar-refractivity contribution in [1.29, 1.82) is 0 Å². The highest BCUT2D eigenvalue weighted by atomic mass is 32.1. The van der Waals surface area contributed by atoms with Crippen molar-refractivity contribution in [3.05, 3.63) is 41.7 Å². The molecular weight excluding hydrogens is 350 g/mol. The third-order valence-corrected chi connectivity index (χ3v) is 5.52. The normalized spacial score (nSPS) is 19.4. The maximum atomic E-state index is 12.9. The van der Waals surface area contributed by atoms with Gasteiger partial charge in [0.25, 0.3) is 5.91 Å². The topological polar surface area (TPSA) is 76.2 Å². The molecule has 3 aromatic rings. The van der Waals surface area contributed by atoms with Gasteiger partial charge in [0, 0.05) is 42.0 Å². The predicted octanol–water partition coefficient (Wildman–Crippen LogP) is 3.22. The molecule has 1 amide bonds. The molecule has 1 aliphatic rings. The maximum Gasteiger partial charge on any atom is 0.252 e. The first kappa shape index (κ1) is 17.2. The van der Waals surface area contributed by atoms with Gasteiger partial charge in [-0.3, -0.25) is 9.78 Å². The second-order valence-corrected chi connectivity index (χ2v) is 7.34. The van der Waals surface area contributed by atoms with Crippen LogP contribution < -0.4 is 5.32 Å². The quantitative estimate of drug-likeness (QED) is 0.625. The molecule has 2 aromatic heterocycles. The lowest BCUT2D eigenvalue weighted by Gasteiger charge is -2.35. The molecule has 1 saturated carbocycles. The molecule has 2 heterocycles. The summed E-state index contributed by atoms with van der Waals surface area (Å²) >= 11 is 1.56. The Morgan fingerprint density at radius 1 is 1.38 bits per heavy atom. The second kappa shape index (κ2) is 7.57. The molecule has 4 rings (SSSR count). The fourth-order valence-electron chi connectivity index (χ4n) is 3.24. The second-order valence-electron chi connectivity index (χ2n) is 6.46. The Balaban J connectivity index is 1.46. The van der Waals surface area contributed by atoms with Gasteiger partial charge in [-0.1, -0.05) is 0 Å². The van der Waals surface area contributed by atoms with E-state index in [1.807, 2.05) is 24.5 Å². The van der Waals surface area contributed by atoms with Crippen LogP contribution in [0.25, 0.3) is 21.3 Å². The number of carbonyl (C=O) groups is 1. The van der Waals surface area contributed by atoms with Crippen molar-refractivity contribution in [3.63, 3.8) is 0 Å². The Kier molecular flexibility index (Phi) is 5.01. The van der Waals surface area contributed by atoms with E-state index in [0.29, 0.717) is 18.8 Å². The highest BCUT2D eigenvalue weighted by Crippen LogP contribution is 2.30. The number of rotatable bonds is 7. The summed E-state index contributed by atoms with van der Waals surface area (Å²) in [7, 11) is 1.66. The molecule has 136 valence electrons. The summed E-state index contributed by atoms with van der Waals surface area (Å²) in [5, 5.41) is 4.06. The smallest absolute Gasteiger partial charge is 0.252 e. The first-order valence-corrected chi connectivity index (χ1v) is 9.54. The van der Waals surface area contributed by atoms with Gasteiger partial charge in [-0.05, 0) is 36.6 Å². The van der Waals surface area contributed by atoms with E-state index in [1.54, 1.807) is 24.0 Å². The summed E-state index contributed by atoms with van der Waals surface area (Å²) in [4.78, 5) is 21.2. The maximum absolute atomic E-state index is 12.9. The van der Waals surface area contributed by atoms with Crippen molar-refractivity contribution in [1.82, 2.24) is 15.3 Å². The van der Waals surface area contributed by atoms with Crippen LogP contribution in [0.4, 0.5) is 0 Å². The van der Waals surface area contributed by atoms with Gasteiger partial charge in [0.05, 0.1) is 29.7 Å². The number of aromatic amines is 1. The average Bonchev–Trinajstić information content (AvgIpc) is 3.29. The summed E-state index contributed by atoms with van der Waals surface area (Å²) < 4.78 is 10.7. The summed E-state index contributed by atoms with van der Waals surface area (Å²) in [5.74, 6) is -0.0405. The standard InChI is InChI=1S/C19H21N3O3S/c1-24-4-5-25-14-8-13(9-14)22-19(23)16-6-12(18-10-20-11-26-18)7-17-15(16)2-3-21-17/h2-3,6-7,10-11,13-14,21H,4-5,8-9H2,1H3,(H,22,23)/t13-,14+. The predicted molar refractivity (Wildman–Crippen MR) is 102 cm³/mol. The van der Waals surface area contributed by atoms with Crippen LogP contribution in [-0.2, 0) is 9.47 Å². The van der Waals surface area contributed by atoms with E-state index >= 15 is 0 Å². The molecule has 0 unspecified atom stereocenters. The summed E-state index contributed by atoms with van der Waals surface area (Å²) in [5.41, 5.74) is 4.44. The highest BCUT2D eigenvalue weighted by molar-refractivity contribution is 7.13. The largest absolute Gasteiger partial charge is 0.382 e. The van der Waals surface area contributed by atoms with Gasteiger partial charge in [-0.25, -0.2) is 0 Å². The number of methoxy groups -OCH3 is 1. The van der Waals surface area contributed by atoms with Gasteiger partial charge in [-0.2, -0.15) is 0 Å². The van der Waals surface area contributed by atoms with Crippen LogP contribution >= 0.6 is 11.3 Å². The SMILES string of the molecule is COCCO[C@H]1C[C@@H](NC(=O)c2cc(-c3cncs3)cc3[nH]ccc23)C1. The zero-order valence-corrected chi connectivity index (χ0v) is 15.3. The zero-order chi connectivity index (χ0) is 17.9. The van der Waals surface area contributed by atoms with Crippen molar-refractivity contribution >= 4 is 28.1 Å². The Hall–Kier alpha value is -2.22. The fourth-order valence-corrected chi connectivity index (χ4v) is 3.85. The first-order valence-electron chi connectivity index (χ1n) is 8.66. The molecule has 2 N–H and O–H groups in total. The van der Waals surface area contributed by atoms with Crippen molar-refractivity contribution in [2.75, 3.05) is 20.3 Å². The third kappa shape index (κ3) is 3.51. The number of thiazole rings is 1. The molecular formula is C19H21N3O3S. The van der Waals surface area contributed by atoms with Gasteiger partial charge in [0.1, 0.15) is 0 Å². The molecule has 1 aromatic carbocycles. The minimum Gasteiger partial charge on any atom is -0.382 e. The zero-order valence-electron chi connectivity index (χ0n) is 14.5. The molecule has 6 nitrogen and oxygen atoms in total. The minimum atomic E-state index is -0.0405. The lowest BCUT2D eigenvalue weighted by atomic mass is 9.89. The molecule has 0 radical (unpaired) electrons. The van der Waals surface area contributed by atoms with E-state index < -0.39 is 0 Å². The summed E-state index contributed by atoms with van der Waals surface area (Å²) in [6.07, 6.45) is 5.59. The van der Waals surface area contributed by atoms with Crippen molar-refractivity contribution in [3.8, 4) is 10.4 Å². The number of nitrogens with one attached hydrogen (secondary N) is 2. The van der Waals surface area contributed by atoms with Crippen LogP contribution in [0, 0.1) is 0 Å². The molecule has 1 aliphatic carbocycles. The monoisotopic (exact) mass is 371 g/mol. The van der Waals surface area contributed by atoms with Crippen molar-refractivity contribution < 1.29 is 14.3 Å². The van der Waals surface area contributed by atoms with Gasteiger partial charge < -0.3 is 19.8 Å². The van der Waals surface area contributed by atoms with Crippen LogP contribution in [0.15, 0.2) is 36.1 Å². The molecule has 0 saturated heterocycles. The molecule has 26 heavy (non-hydrogen) atoms. The lowest BCUT2D eigenvalue weighted by Crippen LogP contribution is -2.48. The van der Waals surface area contributed by atoms with Gasteiger partial charge >= 0.3 is 0 Å². The minimum absolute atomic E-state index is 0.0405. The lowest BCUT2D eigenvalue weighted by molar-refractivity contribution is -0.0343. The number of nitrogens with zero attached hydrogens (tertiary/aromatic N) is 1. The van der Waals surface area contributed by atoms with Crippen LogP contribution in [0.1, 0.15) is 23.2 Å². The van der Waals surface area contributed by atoms with Gasteiger partial charge in [-0.15, -0.1) is 11.3 Å². The van der Waals surface area contributed by atoms with Gasteiger partial charge in [0.2, 0.25) is 0 Å². The van der Waals surface area contributed by atoms with Crippen LogP contribution in [0.2, 0.25) is 0 Å². The summed E-state index contributed by atoms with van der Waals surface area (Å²) in [6, 6.07) is 6.11. The van der Waals surface area contributed by atoms with Crippen LogP contribution in [0.3, 0.4) is 0 Å². The molecule has 0 spiro atoms. The van der Waals surface area contributed by atoms with Gasteiger partial charge in [0.15, 0.2) is 0 Å². The first-order chi connectivity index (χ1) is 12.7. The molecule has 0 bridgehead atoms. The number of benzene rings is 1. The number of carbonyl (C=O) groups excluding carboxylic acids is 1. The van der Waals surface area contributed by atoms with Crippen molar-refractivity contribution in [2.45, 2.75) is 25.0 Å². The number of hydrogen-bond donors (Lipinski definition) is 2. The third-order valence-electron chi connectivity index (χ3n) is 4.70. The van der Waals surface area contributed by atoms with E-state index in [-0.39, 0.29) is 18.1 Å². The Morgan fingerprint density at radius 3 is 3.04 bits per heavy atom. The summed E-state index contributed by atoms with van der Waals surface area (Å²) in [6.45, 7) is 1.20. The Labute approximate surface area is 155 Å². The van der Waals surface area contributed by atoms with Crippen LogP contribution in [0.5, 0.6) is 0 Å². The molecule has 1 fully saturated rings. The number of hydrogen-bond acceptors (Lipinski definition) is 5.